The van der Waals surface area contributed by atoms with Crippen molar-refractivity contribution in [2.24, 2.45) is 92.7 Å². The molecule has 0 spiro atoms. The number of carbonyl (C=O) groups is 7. The quantitative estimate of drug-likeness (QED) is 0.0195. The lowest BCUT2D eigenvalue weighted by Crippen LogP contribution is -2.59. The first-order chi connectivity index (χ1) is 40.2. The second-order valence-electron chi connectivity index (χ2n) is 28.7. The predicted molar refractivity (Wildman–Crippen MR) is 327 cm³/mol. The highest BCUT2D eigenvalue weighted by molar-refractivity contribution is 6.92. The number of Topliss-reactive ketones (excluding diaryl/α,β-unsaturated/α-hetero) is 4. The van der Waals surface area contributed by atoms with Gasteiger partial charge >= 0.3 is 11.9 Å². The number of ether oxygens (including phenoxy) is 1. The monoisotopic (exact) mass is 1220 g/mol. The van der Waals surface area contributed by atoms with Crippen LogP contribution in [-0.2, 0) is 49.8 Å². The van der Waals surface area contributed by atoms with Crippen LogP contribution >= 0.6 is 9.90 Å². The number of hydrogen-bond donors (Lipinski definition) is 6. The molecule has 9 rings (SSSR count). The van der Waals surface area contributed by atoms with Crippen LogP contribution in [0.4, 0.5) is 5.69 Å². The predicted octanol–water partition coefficient (Wildman–Crippen LogP) is 9.70. The molecule has 0 radical (unpaired) electrons. The average molecular weight is 1220 g/mol. The summed E-state index contributed by atoms with van der Waals surface area (Å²) in [5.74, 6) is 1.39. The number of aliphatic hydroxyl groups is 2. The lowest BCUT2D eigenvalue weighted by atomic mass is 9.43. The number of fused-ring (bicyclic) bond motifs is 10. The smallest absolute Gasteiger partial charge is 0.306 e. The number of benzene rings is 1. The number of aliphatic carboxylic acids is 1. The number of rotatable bonds is 23. The van der Waals surface area contributed by atoms with E-state index in [1.54, 1.807) is 6.92 Å². The summed E-state index contributed by atoms with van der Waals surface area (Å²) in [7, 11) is 0. The fourth-order valence-electron chi connectivity index (χ4n) is 19.8. The maximum absolute atomic E-state index is 12.8. The van der Waals surface area contributed by atoms with E-state index in [9.17, 15) is 53.9 Å². The van der Waals surface area contributed by atoms with Crippen molar-refractivity contribution in [2.45, 2.75) is 222 Å². The fourth-order valence-corrected chi connectivity index (χ4v) is 19.8. The Bertz CT molecular complexity index is 2640. The summed E-state index contributed by atoms with van der Waals surface area (Å²) >= 11 is 0. The largest absolute Gasteiger partial charge is 0.481 e. The molecule has 21 atom stereocenters. The standard InChI is InChI=1S/C38H55N3O9.C28H45NO6.H3P/c1-6-39-36(46)24-8-9-25(31(17-24)41(47)48)21-49-34(45)12-7-22(2)28-10-11-29-35-30(14-16-38(28,29)5)37(4)15-13-27(18-26(37)19-32(35)43)50-40-20-33(44)23(3)42;1-16(5-8-25(33)34)20-6-7-21-26-22(10-12-28(20,21)4)27(3)11-9-19(13-18(27)14-23(26)31)35-29-15-24(32)17(2)30;/h8-9,17,22,26-30,32,35,40,43H,6-7,10-16,18-21H2,1-5H3,(H,39,46);16,18-23,26,29,31H,5-15H2,1-4H3,(H,33,34);1H3/t22-,26-,27+,28?,29?,30?,32+,35?,37-,38+;16-,18-,19+,20?,21?,22?,23+,26?,27-,28+;/m00./s1. The molecule has 8 saturated carbocycles. The Morgan fingerprint density at radius 3 is 1.52 bits per heavy atom. The van der Waals surface area contributed by atoms with Crippen LogP contribution in [0.5, 0.6) is 0 Å². The van der Waals surface area contributed by atoms with Gasteiger partial charge in [-0.1, -0.05) is 41.5 Å². The molecule has 0 aromatic heterocycles. The van der Waals surface area contributed by atoms with Crippen molar-refractivity contribution in [3.63, 3.8) is 0 Å². The van der Waals surface area contributed by atoms with E-state index in [1.807, 2.05) is 0 Å². The SMILES string of the molecule is CC(=O)C(=O)CNO[C@@H]1CC[C@]2(C)C3CC[C@@]4(C)C(CCC4[C@@H](C)CCC(=O)O)C3[C@H](O)C[C@@H]2C1.CCNC(=O)c1ccc(COC(=O)CC[C@H](C)C2CCC3C4C(CC[C@@]32C)[C@@]2(C)CC[C@@H](ONCC(=O)C(C)=O)C[C@H]2C[C@H]4O)c([N+](=O)[O-])c1.P. The zero-order valence-corrected chi connectivity index (χ0v) is 54.2. The molecular formula is C66H103N4O15P. The van der Waals surface area contributed by atoms with Crippen LogP contribution in [-0.4, -0.2) is 105 Å². The number of nitrogens with one attached hydrogen (secondary N) is 3. The van der Waals surface area contributed by atoms with Crippen LogP contribution in [0.3, 0.4) is 0 Å². The molecule has 1 aromatic carbocycles. The van der Waals surface area contributed by atoms with E-state index >= 15 is 0 Å². The van der Waals surface area contributed by atoms with Gasteiger partial charge in [0.2, 0.25) is 11.6 Å². The highest BCUT2D eigenvalue weighted by Gasteiger charge is 2.65. The molecule has 8 aliphatic carbocycles. The molecule has 6 N–H and O–H groups in total. The van der Waals surface area contributed by atoms with Crippen molar-refractivity contribution in [1.82, 2.24) is 16.3 Å². The Balaban J connectivity index is 0.000000258. The molecule has 1 amide bonds. The number of hydrogen-bond acceptors (Lipinski definition) is 16. The van der Waals surface area contributed by atoms with E-state index in [1.165, 1.54) is 38.5 Å². The summed E-state index contributed by atoms with van der Waals surface area (Å²) in [4.78, 5) is 105. The number of carbonyl (C=O) groups excluding carboxylic acids is 6. The number of aliphatic hydroxyl groups excluding tert-OH is 2. The van der Waals surface area contributed by atoms with Crippen molar-refractivity contribution in [1.29, 1.82) is 0 Å². The topological polar surface area (TPSA) is 287 Å². The Morgan fingerprint density at radius 1 is 0.651 bits per heavy atom. The minimum absolute atomic E-state index is 0. The third-order valence-electron chi connectivity index (χ3n) is 24.4. The van der Waals surface area contributed by atoms with Crippen LogP contribution in [0.15, 0.2) is 18.2 Å². The van der Waals surface area contributed by atoms with Crippen LogP contribution < -0.4 is 16.3 Å². The van der Waals surface area contributed by atoms with Gasteiger partial charge in [-0.15, -0.1) is 0 Å². The summed E-state index contributed by atoms with van der Waals surface area (Å²) in [5, 5.41) is 46.7. The van der Waals surface area contributed by atoms with Crippen molar-refractivity contribution in [2.75, 3.05) is 19.6 Å². The van der Waals surface area contributed by atoms with Gasteiger partial charge in [0.05, 0.1) is 48.0 Å². The van der Waals surface area contributed by atoms with Crippen LogP contribution in [0, 0.1) is 103 Å². The van der Waals surface area contributed by atoms with Crippen molar-refractivity contribution in [3.05, 3.63) is 39.4 Å². The van der Waals surface area contributed by atoms with Gasteiger partial charge in [-0.3, -0.25) is 53.4 Å². The number of amides is 1. The summed E-state index contributed by atoms with van der Waals surface area (Å²) in [5.41, 5.74) is 6.17. The zero-order chi connectivity index (χ0) is 61.9. The van der Waals surface area contributed by atoms with Gasteiger partial charge in [0, 0.05) is 44.9 Å². The highest BCUT2D eigenvalue weighted by Crippen LogP contribution is 2.70. The van der Waals surface area contributed by atoms with E-state index in [0.29, 0.717) is 72.1 Å². The number of nitro groups is 1. The number of esters is 1. The van der Waals surface area contributed by atoms with E-state index in [0.717, 1.165) is 103 Å². The van der Waals surface area contributed by atoms with E-state index in [2.05, 4.69) is 57.8 Å². The molecule has 0 bridgehead atoms. The van der Waals surface area contributed by atoms with Crippen LogP contribution in [0.25, 0.3) is 0 Å². The van der Waals surface area contributed by atoms with Crippen molar-refractivity contribution in [3.8, 4) is 0 Å². The first kappa shape index (κ1) is 69.4. The third-order valence-corrected chi connectivity index (χ3v) is 24.4. The maximum atomic E-state index is 12.8. The van der Waals surface area contributed by atoms with Gasteiger partial charge in [0.25, 0.3) is 11.6 Å². The molecule has 20 heteroatoms. The minimum atomic E-state index is -0.706. The number of carboxylic acids is 1. The van der Waals surface area contributed by atoms with Crippen LogP contribution in [0.1, 0.15) is 207 Å². The van der Waals surface area contributed by atoms with Crippen molar-refractivity contribution >= 4 is 56.6 Å². The third kappa shape index (κ3) is 14.5. The lowest BCUT2D eigenvalue weighted by molar-refractivity contribution is -0.385. The number of nitro benzene ring substituents is 1. The molecule has 86 heavy (non-hydrogen) atoms. The Kier molecular flexibility index (Phi) is 23.2. The molecule has 8 fully saturated rings. The molecule has 0 saturated heterocycles. The number of carboxylic acid groups (broad SMARTS) is 1. The van der Waals surface area contributed by atoms with E-state index in [4.69, 9.17) is 19.5 Å². The molecule has 19 nitrogen and oxygen atoms in total. The van der Waals surface area contributed by atoms with Gasteiger partial charge < -0.3 is 25.4 Å². The molecular weight excluding hydrogens is 1120 g/mol. The van der Waals surface area contributed by atoms with Gasteiger partial charge in [0.15, 0.2) is 11.6 Å². The number of nitrogens with zero attached hydrogens (tertiary/aromatic N) is 1. The van der Waals surface area contributed by atoms with E-state index < -0.39 is 45.9 Å². The first-order valence-electron chi connectivity index (χ1n) is 32.3. The van der Waals surface area contributed by atoms with Crippen molar-refractivity contribution < 1.29 is 68.2 Å². The second kappa shape index (κ2) is 28.8. The minimum Gasteiger partial charge on any atom is -0.481 e. The molecule has 0 aliphatic heterocycles. The Morgan fingerprint density at radius 2 is 1.09 bits per heavy atom. The van der Waals surface area contributed by atoms with Gasteiger partial charge in [-0.05, 0) is 227 Å². The lowest BCUT2D eigenvalue weighted by Gasteiger charge is -2.62. The van der Waals surface area contributed by atoms with Gasteiger partial charge in [-0.2, -0.15) is 20.9 Å². The highest BCUT2D eigenvalue weighted by atomic mass is 31.0. The van der Waals surface area contributed by atoms with Crippen LogP contribution in [0.2, 0.25) is 0 Å². The summed E-state index contributed by atoms with van der Waals surface area (Å²) < 4.78 is 5.49. The molecule has 482 valence electrons. The van der Waals surface area contributed by atoms with Gasteiger partial charge in [-0.25, -0.2) is 0 Å². The fraction of sp³-hybridized carbons (Fsp3) is 0.803. The van der Waals surface area contributed by atoms with Gasteiger partial charge in [0.1, 0.15) is 6.61 Å². The number of ketones is 4. The summed E-state index contributed by atoms with van der Waals surface area (Å²) in [6, 6.07) is 4.18. The van der Waals surface area contributed by atoms with E-state index in [-0.39, 0.29) is 117 Å². The first-order valence-corrected chi connectivity index (χ1v) is 32.3. The maximum Gasteiger partial charge on any atom is 0.306 e. The number of hydroxylamine groups is 2. The normalized spacial score (nSPS) is 37.3. The second-order valence-corrected chi connectivity index (χ2v) is 28.7. The molecule has 8 aliphatic rings. The zero-order valence-electron chi connectivity index (χ0n) is 52.8. The molecule has 9 unspecified atom stereocenters. The molecule has 0 heterocycles. The average Bonchev–Trinajstić information content (AvgIpc) is 1.30. The summed E-state index contributed by atoms with van der Waals surface area (Å²) in [6.07, 6.45) is 17.1. The Hall–Kier alpha value is -4.10. The molecule has 1 aromatic rings. The summed E-state index contributed by atoms with van der Waals surface area (Å²) in [6.45, 7) is 18.4. The Labute approximate surface area is 512 Å².